The van der Waals surface area contributed by atoms with E-state index in [-0.39, 0.29) is 17.0 Å². The smallest absolute Gasteiger partial charge is 0.241 e. The molecular formula is C21H25ClFN3O2. The Labute approximate surface area is 170 Å². The topological polar surface area (TPSA) is 44.8 Å². The Morgan fingerprint density at radius 3 is 2.61 bits per heavy atom. The van der Waals surface area contributed by atoms with E-state index < -0.39 is 5.82 Å². The van der Waals surface area contributed by atoms with E-state index in [0.29, 0.717) is 12.3 Å². The van der Waals surface area contributed by atoms with Crippen LogP contribution in [0.25, 0.3) is 0 Å². The summed E-state index contributed by atoms with van der Waals surface area (Å²) in [7, 11) is 0. The second kappa shape index (κ2) is 9.26. The Balaban J connectivity index is 1.58. The summed E-state index contributed by atoms with van der Waals surface area (Å²) in [6.45, 7) is 7.63. The average Bonchev–Trinajstić information content (AvgIpc) is 2.71. The summed E-state index contributed by atoms with van der Waals surface area (Å²) >= 11 is 5.78. The third kappa shape index (κ3) is 4.75. The average molecular weight is 406 g/mol. The Kier molecular flexibility index (Phi) is 6.75. The van der Waals surface area contributed by atoms with Gasteiger partial charge in [-0.15, -0.1) is 0 Å². The zero-order valence-corrected chi connectivity index (χ0v) is 16.9. The quantitative estimate of drug-likeness (QED) is 0.788. The van der Waals surface area contributed by atoms with Crippen LogP contribution in [0.2, 0.25) is 5.02 Å². The molecule has 0 aromatic heterocycles. The number of nitrogens with zero attached hydrogens (tertiary/aromatic N) is 2. The summed E-state index contributed by atoms with van der Waals surface area (Å²) in [5, 5.41) is 2.80. The third-order valence-corrected chi connectivity index (χ3v) is 5.22. The monoisotopic (exact) mass is 405 g/mol. The fourth-order valence-electron chi connectivity index (χ4n) is 3.33. The van der Waals surface area contributed by atoms with Crippen molar-refractivity contribution in [1.82, 2.24) is 4.90 Å². The first-order valence-electron chi connectivity index (χ1n) is 9.46. The molecular weight excluding hydrogens is 381 g/mol. The normalized spacial score (nSPS) is 15.9. The maximum atomic E-state index is 13.3. The molecule has 1 heterocycles. The van der Waals surface area contributed by atoms with Crippen molar-refractivity contribution in [2.24, 2.45) is 0 Å². The van der Waals surface area contributed by atoms with E-state index in [4.69, 9.17) is 16.3 Å². The number of nitrogens with one attached hydrogen (secondary N) is 1. The maximum Gasteiger partial charge on any atom is 0.241 e. The molecule has 0 bridgehead atoms. The van der Waals surface area contributed by atoms with Gasteiger partial charge in [0.2, 0.25) is 5.91 Å². The first-order chi connectivity index (χ1) is 13.5. The van der Waals surface area contributed by atoms with Gasteiger partial charge in [0.15, 0.2) is 0 Å². The number of halogens is 2. The van der Waals surface area contributed by atoms with E-state index in [0.717, 1.165) is 37.6 Å². The zero-order chi connectivity index (χ0) is 20.1. The molecule has 0 unspecified atom stereocenters. The molecule has 1 aliphatic heterocycles. The second-order valence-corrected chi connectivity index (χ2v) is 7.13. The van der Waals surface area contributed by atoms with Gasteiger partial charge in [-0.3, -0.25) is 9.69 Å². The van der Waals surface area contributed by atoms with Gasteiger partial charge in [0, 0.05) is 31.9 Å². The van der Waals surface area contributed by atoms with Crippen LogP contribution >= 0.6 is 11.6 Å². The van der Waals surface area contributed by atoms with Gasteiger partial charge < -0.3 is 15.0 Å². The Morgan fingerprint density at radius 2 is 1.93 bits per heavy atom. The number of hydrogen-bond donors (Lipinski definition) is 1. The molecule has 2 aromatic rings. The minimum atomic E-state index is -0.504. The van der Waals surface area contributed by atoms with E-state index in [9.17, 15) is 9.18 Å². The number of para-hydroxylation sites is 2. The van der Waals surface area contributed by atoms with Gasteiger partial charge >= 0.3 is 0 Å². The number of benzene rings is 2. The fraction of sp³-hybridized carbons (Fsp3) is 0.381. The molecule has 2 aromatic carbocycles. The first kappa shape index (κ1) is 20.4. The van der Waals surface area contributed by atoms with E-state index in [2.05, 4.69) is 21.2 Å². The molecule has 1 saturated heterocycles. The molecule has 1 fully saturated rings. The van der Waals surface area contributed by atoms with Gasteiger partial charge in [-0.25, -0.2) is 4.39 Å². The minimum Gasteiger partial charge on any atom is -0.492 e. The van der Waals surface area contributed by atoms with Gasteiger partial charge in [-0.2, -0.15) is 0 Å². The van der Waals surface area contributed by atoms with Crippen molar-refractivity contribution in [3.05, 3.63) is 53.3 Å². The standard InChI is InChI=1S/C21H25ClFN3O2/c1-3-28-20-7-5-4-6-19(20)26-12-10-25(11-13-26)15(2)21(27)24-16-8-9-18(23)17(22)14-16/h4-9,14-15H,3,10-13H2,1-2H3,(H,24,27)/t15-/m0/s1. The lowest BCUT2D eigenvalue weighted by Crippen LogP contribution is -2.52. The summed E-state index contributed by atoms with van der Waals surface area (Å²) in [6, 6.07) is 11.9. The van der Waals surface area contributed by atoms with Crippen molar-refractivity contribution in [1.29, 1.82) is 0 Å². The van der Waals surface area contributed by atoms with Crippen molar-refractivity contribution in [2.45, 2.75) is 19.9 Å². The Morgan fingerprint density at radius 1 is 1.21 bits per heavy atom. The van der Waals surface area contributed by atoms with E-state index in [1.807, 2.05) is 32.0 Å². The van der Waals surface area contributed by atoms with Gasteiger partial charge in [-0.05, 0) is 44.2 Å². The van der Waals surface area contributed by atoms with Crippen LogP contribution in [-0.4, -0.2) is 49.6 Å². The Bertz CT molecular complexity index is 825. The lowest BCUT2D eigenvalue weighted by atomic mass is 10.2. The highest BCUT2D eigenvalue weighted by Gasteiger charge is 2.26. The number of rotatable bonds is 6. The number of amides is 1. The SMILES string of the molecule is CCOc1ccccc1N1CCN([C@@H](C)C(=O)Nc2ccc(F)c(Cl)c2)CC1. The highest BCUT2D eigenvalue weighted by molar-refractivity contribution is 6.31. The van der Waals surface area contributed by atoms with Gasteiger partial charge in [0.1, 0.15) is 11.6 Å². The van der Waals surface area contributed by atoms with Crippen LogP contribution in [0.5, 0.6) is 5.75 Å². The molecule has 0 radical (unpaired) electrons. The molecule has 1 aliphatic rings. The van der Waals surface area contributed by atoms with Crippen LogP contribution in [0.4, 0.5) is 15.8 Å². The molecule has 0 spiro atoms. The molecule has 7 heteroatoms. The molecule has 1 N–H and O–H groups in total. The Hall–Kier alpha value is -2.31. The summed E-state index contributed by atoms with van der Waals surface area (Å²) in [5.74, 6) is 0.249. The van der Waals surface area contributed by atoms with Crippen molar-refractivity contribution >= 4 is 28.9 Å². The lowest BCUT2D eigenvalue weighted by molar-refractivity contribution is -0.120. The van der Waals surface area contributed by atoms with Gasteiger partial charge in [0.05, 0.1) is 23.4 Å². The van der Waals surface area contributed by atoms with E-state index >= 15 is 0 Å². The summed E-state index contributed by atoms with van der Waals surface area (Å²) in [6.07, 6.45) is 0. The van der Waals surface area contributed by atoms with Crippen molar-refractivity contribution in [2.75, 3.05) is 43.0 Å². The number of anilines is 2. The van der Waals surface area contributed by atoms with Crippen LogP contribution in [0.15, 0.2) is 42.5 Å². The summed E-state index contributed by atoms with van der Waals surface area (Å²) in [5.41, 5.74) is 1.58. The predicted molar refractivity (Wildman–Crippen MR) is 111 cm³/mol. The highest BCUT2D eigenvalue weighted by Crippen LogP contribution is 2.29. The van der Waals surface area contributed by atoms with Crippen LogP contribution in [0.1, 0.15) is 13.8 Å². The molecule has 0 saturated carbocycles. The first-order valence-corrected chi connectivity index (χ1v) is 9.84. The third-order valence-electron chi connectivity index (χ3n) is 4.93. The molecule has 5 nitrogen and oxygen atoms in total. The van der Waals surface area contributed by atoms with Crippen molar-refractivity contribution < 1.29 is 13.9 Å². The van der Waals surface area contributed by atoms with Crippen LogP contribution in [-0.2, 0) is 4.79 Å². The van der Waals surface area contributed by atoms with Gasteiger partial charge in [-0.1, -0.05) is 23.7 Å². The number of piperazine rings is 1. The number of carbonyl (C=O) groups is 1. The van der Waals surface area contributed by atoms with Crippen LogP contribution < -0.4 is 15.0 Å². The zero-order valence-electron chi connectivity index (χ0n) is 16.1. The minimum absolute atomic E-state index is 0.00738. The van der Waals surface area contributed by atoms with Gasteiger partial charge in [0.25, 0.3) is 0 Å². The van der Waals surface area contributed by atoms with Crippen LogP contribution in [0.3, 0.4) is 0 Å². The molecule has 150 valence electrons. The van der Waals surface area contributed by atoms with Crippen molar-refractivity contribution in [3.63, 3.8) is 0 Å². The molecule has 3 rings (SSSR count). The lowest BCUT2D eigenvalue weighted by Gasteiger charge is -2.39. The van der Waals surface area contributed by atoms with Crippen LogP contribution in [0, 0.1) is 5.82 Å². The summed E-state index contributed by atoms with van der Waals surface area (Å²) in [4.78, 5) is 17.0. The molecule has 1 amide bonds. The number of ether oxygens (including phenoxy) is 1. The largest absolute Gasteiger partial charge is 0.492 e. The molecule has 0 aliphatic carbocycles. The van der Waals surface area contributed by atoms with E-state index in [1.54, 1.807) is 0 Å². The maximum absolute atomic E-state index is 13.3. The number of carbonyl (C=O) groups excluding carboxylic acids is 1. The fourth-order valence-corrected chi connectivity index (χ4v) is 3.51. The predicted octanol–water partition coefficient (Wildman–Crippen LogP) is 4.03. The molecule has 1 atom stereocenters. The number of hydrogen-bond acceptors (Lipinski definition) is 4. The van der Waals surface area contributed by atoms with E-state index in [1.165, 1.54) is 18.2 Å². The highest BCUT2D eigenvalue weighted by atomic mass is 35.5. The molecule has 28 heavy (non-hydrogen) atoms. The van der Waals surface area contributed by atoms with Crippen molar-refractivity contribution in [3.8, 4) is 5.75 Å². The summed E-state index contributed by atoms with van der Waals surface area (Å²) < 4.78 is 19.0. The second-order valence-electron chi connectivity index (χ2n) is 6.72.